The van der Waals surface area contributed by atoms with Crippen LogP contribution in [0, 0.1) is 38.5 Å². The Morgan fingerprint density at radius 1 is 0.647 bits per heavy atom. The maximum atomic E-state index is 5.47. The van der Waals surface area contributed by atoms with E-state index in [0.717, 1.165) is 50.5 Å². The molecule has 0 bridgehead atoms. The van der Waals surface area contributed by atoms with Crippen molar-refractivity contribution in [3.05, 3.63) is 42.8 Å². The van der Waals surface area contributed by atoms with E-state index in [1.165, 1.54) is 140 Å². The molecule has 0 saturated carbocycles. The third kappa shape index (κ3) is 26.0. The summed E-state index contributed by atoms with van der Waals surface area (Å²) in [5.41, 5.74) is 2.53. The van der Waals surface area contributed by atoms with Gasteiger partial charge in [-0.05, 0) is 127 Å². The fraction of sp³-hybridized carbons (Fsp3) is 0.837. The summed E-state index contributed by atoms with van der Waals surface area (Å²) in [6, 6.07) is 0. The summed E-state index contributed by atoms with van der Waals surface area (Å²) in [6.07, 6.45) is 28.3. The molecule has 295 valence electrons. The van der Waals surface area contributed by atoms with Crippen LogP contribution in [0.4, 0.5) is 0 Å². The average Bonchev–Trinajstić information content (AvgIpc) is 3.75. The maximum Gasteiger partial charge on any atom is 0.0518 e. The third-order valence-corrected chi connectivity index (χ3v) is 9.89. The van der Waals surface area contributed by atoms with Crippen molar-refractivity contribution < 1.29 is 37.4 Å². The molecule has 2 aliphatic heterocycles. The van der Waals surface area contributed by atoms with Crippen LogP contribution in [0.1, 0.15) is 149 Å². The van der Waals surface area contributed by atoms with Gasteiger partial charge < -0.3 is 21.5 Å². The second-order valence-corrected chi connectivity index (χ2v) is 14.9. The predicted octanol–water partition coefficient (Wildman–Crippen LogP) is 10.7. The van der Waals surface area contributed by atoms with Crippen molar-refractivity contribution in [1.29, 1.82) is 0 Å². The molecule has 0 N–H and O–H groups in total. The molecule has 1 radical (unpaired) electrons. The van der Waals surface area contributed by atoms with E-state index >= 15 is 0 Å². The minimum absolute atomic E-state index is 0. The smallest absolute Gasteiger partial charge is 0.0518 e. The summed E-state index contributed by atoms with van der Waals surface area (Å²) in [6.45, 7) is 32.2. The summed E-state index contributed by atoms with van der Waals surface area (Å²) in [5, 5.41) is 8.84. The Morgan fingerprint density at radius 2 is 1.06 bits per heavy atom. The van der Waals surface area contributed by atoms with Crippen LogP contribution in [0.5, 0.6) is 0 Å². The Morgan fingerprint density at radius 3 is 1.45 bits per heavy atom. The number of piperidine rings is 2. The van der Waals surface area contributed by atoms with Gasteiger partial charge in [-0.25, -0.2) is 0 Å². The van der Waals surface area contributed by atoms with Gasteiger partial charge in [0.25, 0.3) is 0 Å². The fourth-order valence-electron chi connectivity index (χ4n) is 6.96. The molecule has 0 amide bonds. The van der Waals surface area contributed by atoms with Gasteiger partial charge in [0.1, 0.15) is 0 Å². The number of hydrogen-bond acceptors (Lipinski definition) is 5. The van der Waals surface area contributed by atoms with Crippen LogP contribution in [0.3, 0.4) is 0 Å². The van der Waals surface area contributed by atoms with E-state index in [9.17, 15) is 0 Å². The van der Waals surface area contributed by atoms with Crippen molar-refractivity contribution in [3.63, 3.8) is 0 Å². The van der Waals surface area contributed by atoms with Crippen LogP contribution in [0.25, 0.3) is 0 Å². The van der Waals surface area contributed by atoms with Crippen molar-refractivity contribution >= 4 is 0 Å². The largest absolute Gasteiger partial charge is 0.384 e. The molecule has 2 saturated heterocycles. The standard InChI is InChI=1S/C22H41N3.C17H30N3O.2C2H6.Y/c1-20(2)11-9-7-5-4-6-8-10-14-24-15-12-22(13-16-24)19-25-18-21(3)17-23-25;1-3-11-21-12-5-4-8-19-9-6-17(7-10-19)15-20-14-16(2)13-18-20;2*1-2;/h17-18,20,22H,4-16,19H2,1-3H3;13-14,17H,1,3-12,15H2,2H3;2*1-2H3;/q;-1;;;. The van der Waals surface area contributed by atoms with E-state index in [1.54, 1.807) is 0 Å². The number of hydrogen-bond donors (Lipinski definition) is 0. The van der Waals surface area contributed by atoms with Gasteiger partial charge in [0, 0.05) is 71.4 Å². The SMILES string of the molecule is CC.CC.Cc1cnn(CC2CCN(CCCCCCCCCC(C)C)CC2)c1.[CH2-]CCOCCCCN1CCC(Cn2cc(C)cn2)CC1.[Y]. The van der Waals surface area contributed by atoms with Crippen molar-refractivity contribution in [2.24, 2.45) is 17.8 Å². The Kier molecular flexibility index (Phi) is 33.5. The van der Waals surface area contributed by atoms with Gasteiger partial charge in [0.2, 0.25) is 0 Å². The van der Waals surface area contributed by atoms with Gasteiger partial charge in [-0.1, -0.05) is 86.5 Å². The van der Waals surface area contributed by atoms with Crippen molar-refractivity contribution in [3.8, 4) is 0 Å². The number of aromatic nitrogens is 4. The van der Waals surface area contributed by atoms with Crippen molar-refractivity contribution in [2.75, 3.05) is 52.5 Å². The molecule has 2 aromatic heterocycles. The molecular weight excluding hydrogens is 705 g/mol. The van der Waals surface area contributed by atoms with E-state index in [4.69, 9.17) is 4.74 Å². The summed E-state index contributed by atoms with van der Waals surface area (Å²) >= 11 is 0. The number of aryl methyl sites for hydroxylation is 2. The molecule has 0 aliphatic carbocycles. The molecule has 4 heterocycles. The molecule has 2 fully saturated rings. The number of unbranched alkanes of at least 4 members (excludes halogenated alkanes) is 7. The first-order valence-corrected chi connectivity index (χ1v) is 21.2. The topological polar surface area (TPSA) is 51.4 Å². The predicted molar refractivity (Wildman–Crippen MR) is 217 cm³/mol. The van der Waals surface area contributed by atoms with Crippen LogP contribution in [0.2, 0.25) is 0 Å². The zero-order chi connectivity index (χ0) is 36.8. The first-order chi connectivity index (χ1) is 24.4. The fourth-order valence-corrected chi connectivity index (χ4v) is 6.96. The molecule has 0 spiro atoms. The zero-order valence-corrected chi connectivity index (χ0v) is 37.9. The first kappa shape index (κ1) is 50.4. The molecule has 51 heavy (non-hydrogen) atoms. The van der Waals surface area contributed by atoms with Crippen LogP contribution in [-0.4, -0.2) is 81.8 Å². The van der Waals surface area contributed by atoms with E-state index in [1.807, 2.05) is 40.1 Å². The van der Waals surface area contributed by atoms with Gasteiger partial charge in [-0.15, -0.1) is 0 Å². The van der Waals surface area contributed by atoms with E-state index in [0.29, 0.717) is 0 Å². The van der Waals surface area contributed by atoms with Gasteiger partial charge in [-0.3, -0.25) is 9.36 Å². The van der Waals surface area contributed by atoms with Gasteiger partial charge in [-0.2, -0.15) is 16.6 Å². The number of rotatable bonds is 21. The summed E-state index contributed by atoms with van der Waals surface area (Å²) in [5.74, 6) is 2.50. The molecule has 0 unspecified atom stereocenters. The Labute approximate surface area is 342 Å². The van der Waals surface area contributed by atoms with Gasteiger partial charge >= 0.3 is 0 Å². The maximum absolute atomic E-state index is 5.47. The van der Waals surface area contributed by atoms with Crippen LogP contribution in [0.15, 0.2) is 24.8 Å². The van der Waals surface area contributed by atoms with E-state index in [2.05, 4.69) is 76.4 Å². The second-order valence-electron chi connectivity index (χ2n) is 14.9. The van der Waals surface area contributed by atoms with Crippen LogP contribution >= 0.6 is 0 Å². The summed E-state index contributed by atoms with van der Waals surface area (Å²) in [7, 11) is 0. The van der Waals surface area contributed by atoms with Crippen molar-refractivity contribution in [2.45, 2.75) is 165 Å². The second kappa shape index (κ2) is 33.9. The minimum atomic E-state index is 0. The molecule has 0 aromatic carbocycles. The number of ether oxygens (including phenoxy) is 1. The molecule has 2 aliphatic rings. The molecule has 8 heteroatoms. The Bertz CT molecular complexity index is 994. The third-order valence-electron chi connectivity index (χ3n) is 9.89. The quantitative estimate of drug-likeness (QED) is 0.0932. The van der Waals surface area contributed by atoms with Crippen LogP contribution in [-0.2, 0) is 50.5 Å². The number of likely N-dealkylation sites (tertiary alicyclic amines) is 2. The zero-order valence-electron chi connectivity index (χ0n) is 35.1. The molecule has 0 atom stereocenters. The van der Waals surface area contributed by atoms with E-state index < -0.39 is 0 Å². The molecule has 7 nitrogen and oxygen atoms in total. The van der Waals surface area contributed by atoms with Gasteiger partial charge in [0.15, 0.2) is 0 Å². The summed E-state index contributed by atoms with van der Waals surface area (Å²) < 4.78 is 9.71. The summed E-state index contributed by atoms with van der Waals surface area (Å²) in [4.78, 5) is 5.29. The Hall–Kier alpha value is -0.596. The van der Waals surface area contributed by atoms with Crippen molar-refractivity contribution in [1.82, 2.24) is 29.4 Å². The Balaban J connectivity index is 0.000000887. The monoisotopic (exact) mass is 789 g/mol. The minimum Gasteiger partial charge on any atom is -0.384 e. The molecule has 4 rings (SSSR count). The normalized spacial score (nSPS) is 15.6. The van der Waals surface area contributed by atoms with Crippen LogP contribution < -0.4 is 0 Å². The number of nitrogens with zero attached hydrogens (tertiary/aromatic N) is 6. The van der Waals surface area contributed by atoms with Gasteiger partial charge in [0.05, 0.1) is 12.4 Å². The molecular formula is C43H83N6OY-. The van der Waals surface area contributed by atoms with E-state index in [-0.39, 0.29) is 32.7 Å². The first-order valence-electron chi connectivity index (χ1n) is 21.2. The average molecular weight is 789 g/mol. The molecule has 2 aromatic rings.